The van der Waals surface area contributed by atoms with Crippen molar-refractivity contribution in [3.63, 3.8) is 0 Å². The highest BCUT2D eigenvalue weighted by Crippen LogP contribution is 2.29. The summed E-state index contributed by atoms with van der Waals surface area (Å²) in [5.74, 6) is -0.269. The summed E-state index contributed by atoms with van der Waals surface area (Å²) in [4.78, 5) is 26.3. The Labute approximate surface area is 186 Å². The molecule has 31 heavy (non-hydrogen) atoms. The van der Waals surface area contributed by atoms with Crippen LogP contribution in [0.2, 0.25) is 0 Å². The Balaban J connectivity index is 1.70. The van der Waals surface area contributed by atoms with Gasteiger partial charge in [-0.1, -0.05) is 18.2 Å². The van der Waals surface area contributed by atoms with E-state index in [1.165, 1.54) is 16.4 Å². The van der Waals surface area contributed by atoms with Crippen LogP contribution in [0, 0.1) is 23.0 Å². The monoisotopic (exact) mass is 463 g/mol. The van der Waals surface area contributed by atoms with E-state index in [0.717, 1.165) is 10.9 Å². The number of sulfonamides is 1. The van der Waals surface area contributed by atoms with Crippen LogP contribution in [0.4, 0.5) is 5.69 Å². The molecule has 0 unspecified atom stereocenters. The highest BCUT2D eigenvalue weighted by molar-refractivity contribution is 7.89. The Morgan fingerprint density at radius 1 is 1.35 bits per heavy atom. The standard InChI is InChI=1S/C21H25N3O5S2/c1-3-10-22(15-19-5-4-13-30-19)21(25)17-8-11-23(12-9-17)31(28,29)20-14-18(24(26)27)7-6-16(20)2/h3-7,13-14,17H,1,8-12,15H2,2H3. The minimum absolute atomic E-state index is 0.00289. The van der Waals surface area contributed by atoms with Crippen molar-refractivity contribution in [3.05, 3.63) is 68.9 Å². The van der Waals surface area contributed by atoms with Crippen LogP contribution in [0.25, 0.3) is 0 Å². The summed E-state index contributed by atoms with van der Waals surface area (Å²) >= 11 is 1.58. The minimum atomic E-state index is -3.88. The van der Waals surface area contributed by atoms with Gasteiger partial charge in [0.2, 0.25) is 15.9 Å². The van der Waals surface area contributed by atoms with Gasteiger partial charge in [-0.3, -0.25) is 14.9 Å². The van der Waals surface area contributed by atoms with Crippen LogP contribution in [0.15, 0.2) is 53.3 Å². The molecule has 1 fully saturated rings. The molecule has 1 aromatic carbocycles. The Morgan fingerprint density at radius 3 is 2.65 bits per heavy atom. The number of nitro groups is 1. The second-order valence-electron chi connectivity index (χ2n) is 7.47. The van der Waals surface area contributed by atoms with Crippen LogP contribution in [0.5, 0.6) is 0 Å². The Hall–Kier alpha value is -2.56. The second kappa shape index (κ2) is 9.71. The van der Waals surface area contributed by atoms with E-state index in [9.17, 15) is 23.3 Å². The van der Waals surface area contributed by atoms with Gasteiger partial charge < -0.3 is 4.90 Å². The molecular formula is C21H25N3O5S2. The number of nitrogens with zero attached hydrogens (tertiary/aromatic N) is 3. The summed E-state index contributed by atoms with van der Waals surface area (Å²) in [6.45, 7) is 6.69. The van der Waals surface area contributed by atoms with Crippen LogP contribution >= 0.6 is 11.3 Å². The van der Waals surface area contributed by atoms with Gasteiger partial charge in [0.05, 0.1) is 16.4 Å². The van der Waals surface area contributed by atoms with Gasteiger partial charge >= 0.3 is 0 Å². The molecule has 0 N–H and O–H groups in total. The van der Waals surface area contributed by atoms with Gasteiger partial charge in [0.1, 0.15) is 0 Å². The second-order valence-corrected chi connectivity index (χ2v) is 10.4. The van der Waals surface area contributed by atoms with Crippen LogP contribution < -0.4 is 0 Å². The highest BCUT2D eigenvalue weighted by Gasteiger charge is 2.35. The van der Waals surface area contributed by atoms with Crippen molar-refractivity contribution in [1.82, 2.24) is 9.21 Å². The number of hydrogen-bond donors (Lipinski definition) is 0. The first-order valence-corrected chi connectivity index (χ1v) is 12.2. The zero-order valence-corrected chi connectivity index (χ0v) is 18.9. The first kappa shape index (κ1) is 23.1. The third kappa shape index (κ3) is 5.20. The van der Waals surface area contributed by atoms with E-state index in [1.807, 2.05) is 17.5 Å². The molecule has 0 spiro atoms. The molecule has 2 aromatic rings. The van der Waals surface area contributed by atoms with E-state index in [1.54, 1.807) is 29.2 Å². The number of amides is 1. The lowest BCUT2D eigenvalue weighted by Crippen LogP contribution is -2.44. The molecule has 2 heterocycles. The zero-order valence-electron chi connectivity index (χ0n) is 17.3. The number of carbonyl (C=O) groups excluding carboxylic acids is 1. The Morgan fingerprint density at radius 2 is 2.06 bits per heavy atom. The summed E-state index contributed by atoms with van der Waals surface area (Å²) in [6.07, 6.45) is 2.50. The van der Waals surface area contributed by atoms with Gasteiger partial charge in [0, 0.05) is 42.6 Å². The normalized spacial score (nSPS) is 15.5. The SMILES string of the molecule is C=CCN(Cc1cccs1)C(=O)C1CCN(S(=O)(=O)c2cc([N+](=O)[O-])ccc2C)CC1. The molecule has 1 aliphatic heterocycles. The van der Waals surface area contributed by atoms with Crippen molar-refractivity contribution >= 4 is 33.0 Å². The molecule has 166 valence electrons. The molecule has 0 saturated carbocycles. The lowest BCUT2D eigenvalue weighted by atomic mass is 9.96. The van der Waals surface area contributed by atoms with E-state index >= 15 is 0 Å². The molecule has 0 bridgehead atoms. The first-order valence-electron chi connectivity index (χ1n) is 9.91. The lowest BCUT2D eigenvalue weighted by Gasteiger charge is -2.33. The van der Waals surface area contributed by atoms with Gasteiger partial charge in [0.25, 0.3) is 5.69 Å². The third-order valence-corrected chi connectivity index (χ3v) is 8.29. The third-order valence-electron chi connectivity index (χ3n) is 5.39. The van der Waals surface area contributed by atoms with E-state index in [2.05, 4.69) is 6.58 Å². The highest BCUT2D eigenvalue weighted by atomic mass is 32.2. The molecule has 0 radical (unpaired) electrons. The number of nitro benzene ring substituents is 1. The van der Waals surface area contributed by atoms with Crippen molar-refractivity contribution in [3.8, 4) is 0 Å². The van der Waals surface area contributed by atoms with Gasteiger partial charge in [-0.25, -0.2) is 8.42 Å². The average Bonchev–Trinajstić information content (AvgIpc) is 3.26. The summed E-state index contributed by atoms with van der Waals surface area (Å²) in [5, 5.41) is 13.0. The largest absolute Gasteiger partial charge is 0.334 e. The maximum absolute atomic E-state index is 13.1. The maximum Gasteiger partial charge on any atom is 0.270 e. The van der Waals surface area contributed by atoms with Gasteiger partial charge in [0.15, 0.2) is 0 Å². The average molecular weight is 464 g/mol. The van der Waals surface area contributed by atoms with Crippen molar-refractivity contribution in [2.75, 3.05) is 19.6 Å². The number of hydrogen-bond acceptors (Lipinski definition) is 6. The topological polar surface area (TPSA) is 101 Å². The smallest absolute Gasteiger partial charge is 0.270 e. The fourth-order valence-corrected chi connectivity index (χ4v) is 6.13. The number of non-ortho nitro benzene ring substituents is 1. The number of carbonyl (C=O) groups is 1. The number of piperidine rings is 1. The summed E-state index contributed by atoms with van der Waals surface area (Å²) in [6, 6.07) is 7.76. The molecule has 1 aromatic heterocycles. The van der Waals surface area contributed by atoms with Crippen molar-refractivity contribution in [1.29, 1.82) is 0 Å². The van der Waals surface area contributed by atoms with E-state index in [-0.39, 0.29) is 35.5 Å². The number of aryl methyl sites for hydroxylation is 1. The van der Waals surface area contributed by atoms with Crippen LogP contribution in [0.3, 0.4) is 0 Å². The molecular weight excluding hydrogens is 438 g/mol. The van der Waals surface area contributed by atoms with Gasteiger partial charge in [-0.2, -0.15) is 4.31 Å². The van der Waals surface area contributed by atoms with Crippen LogP contribution in [0.1, 0.15) is 23.3 Å². The summed E-state index contributed by atoms with van der Waals surface area (Å²) in [5.41, 5.74) is 0.194. The Kier molecular flexibility index (Phi) is 7.24. The molecule has 0 atom stereocenters. The maximum atomic E-state index is 13.1. The fraction of sp³-hybridized carbons (Fsp3) is 0.381. The minimum Gasteiger partial charge on any atom is -0.334 e. The van der Waals surface area contributed by atoms with E-state index < -0.39 is 14.9 Å². The fourth-order valence-electron chi connectivity index (χ4n) is 3.70. The number of thiophene rings is 1. The molecule has 10 heteroatoms. The van der Waals surface area contributed by atoms with Gasteiger partial charge in [-0.05, 0) is 36.8 Å². The van der Waals surface area contributed by atoms with E-state index in [4.69, 9.17) is 0 Å². The molecule has 0 aliphatic carbocycles. The quantitative estimate of drug-likeness (QED) is 0.338. The van der Waals surface area contributed by atoms with Gasteiger partial charge in [-0.15, -0.1) is 17.9 Å². The number of benzene rings is 1. The number of rotatable bonds is 8. The van der Waals surface area contributed by atoms with E-state index in [0.29, 0.717) is 31.5 Å². The van der Waals surface area contributed by atoms with Crippen LogP contribution in [-0.2, 0) is 21.4 Å². The predicted octanol–water partition coefficient (Wildman–Crippen LogP) is 3.58. The molecule has 8 nitrogen and oxygen atoms in total. The summed E-state index contributed by atoms with van der Waals surface area (Å²) in [7, 11) is -3.88. The van der Waals surface area contributed by atoms with Crippen molar-refractivity contribution in [2.24, 2.45) is 5.92 Å². The molecule has 1 amide bonds. The van der Waals surface area contributed by atoms with Crippen molar-refractivity contribution < 1.29 is 18.1 Å². The first-order chi connectivity index (χ1) is 14.7. The predicted molar refractivity (Wildman–Crippen MR) is 119 cm³/mol. The lowest BCUT2D eigenvalue weighted by molar-refractivity contribution is -0.385. The molecule has 1 saturated heterocycles. The van der Waals surface area contributed by atoms with Crippen LogP contribution in [-0.4, -0.2) is 48.1 Å². The summed E-state index contributed by atoms with van der Waals surface area (Å²) < 4.78 is 27.5. The van der Waals surface area contributed by atoms with Crippen molar-refractivity contribution in [2.45, 2.75) is 31.2 Å². The Bertz CT molecular complexity index is 1060. The zero-order chi connectivity index (χ0) is 22.6. The molecule has 1 aliphatic rings. The molecule has 3 rings (SSSR count).